The van der Waals surface area contributed by atoms with Gasteiger partial charge in [0, 0.05) is 0 Å². The van der Waals surface area contributed by atoms with E-state index in [4.69, 9.17) is 15.9 Å². The summed E-state index contributed by atoms with van der Waals surface area (Å²) in [4.78, 5) is 45.7. The van der Waals surface area contributed by atoms with Gasteiger partial charge in [-0.15, -0.1) is 0 Å². The lowest BCUT2D eigenvalue weighted by Gasteiger charge is -2.24. The Morgan fingerprint density at radius 1 is 1.04 bits per heavy atom. The predicted molar refractivity (Wildman–Crippen MR) is 76.9 cm³/mol. The Balaban J connectivity index is 4.87. The second kappa shape index (κ2) is 9.71. The van der Waals surface area contributed by atoms with Crippen LogP contribution in [0.25, 0.3) is 0 Å². The van der Waals surface area contributed by atoms with Crippen LogP contribution in [0.1, 0.15) is 13.8 Å². The third-order valence-electron chi connectivity index (χ3n) is 2.81. The Morgan fingerprint density at radius 2 is 1.61 bits per heavy atom. The van der Waals surface area contributed by atoms with Crippen molar-refractivity contribution in [3.63, 3.8) is 0 Å². The molecule has 0 rings (SSSR count). The number of amides is 3. The van der Waals surface area contributed by atoms with Crippen LogP contribution in [0.3, 0.4) is 0 Å². The number of nitrogens with one attached hydrogen (secondary N) is 3. The molecule has 11 heteroatoms. The zero-order valence-corrected chi connectivity index (χ0v) is 12.8. The minimum absolute atomic E-state index is 0.406. The van der Waals surface area contributed by atoms with Crippen LogP contribution in [0.4, 0.5) is 0 Å². The highest BCUT2D eigenvalue weighted by Gasteiger charge is 2.30. The maximum absolute atomic E-state index is 12.0. The van der Waals surface area contributed by atoms with Crippen molar-refractivity contribution in [2.75, 3.05) is 13.2 Å². The molecule has 0 aliphatic heterocycles. The fourth-order valence-corrected chi connectivity index (χ4v) is 1.47. The highest BCUT2D eigenvalue weighted by Crippen LogP contribution is 1.96. The van der Waals surface area contributed by atoms with E-state index in [9.17, 15) is 24.3 Å². The number of nitrogens with two attached hydrogens (primary N) is 1. The minimum atomic E-state index is -1.44. The fourth-order valence-electron chi connectivity index (χ4n) is 1.47. The second-order valence-electron chi connectivity index (χ2n) is 4.80. The van der Waals surface area contributed by atoms with Crippen molar-refractivity contribution in [1.82, 2.24) is 16.0 Å². The number of aliphatic carboxylic acids is 1. The van der Waals surface area contributed by atoms with E-state index in [2.05, 4.69) is 16.0 Å². The molecule has 23 heavy (non-hydrogen) atoms. The van der Waals surface area contributed by atoms with Gasteiger partial charge in [0.1, 0.15) is 18.1 Å². The standard InChI is InChI=1S/C12H22N4O7/c1-5(12(22)23)14-10(20)7(4-17)15-11(21)9(6(2)18)16-8(19)3-13/h5-7,9,17-18H,3-4,13H2,1-2H3,(H,14,20)(H,15,21)(H,16,19)(H,22,23). The second-order valence-corrected chi connectivity index (χ2v) is 4.80. The number of aliphatic hydroxyl groups is 2. The first-order valence-electron chi connectivity index (χ1n) is 6.75. The van der Waals surface area contributed by atoms with Gasteiger partial charge in [0.25, 0.3) is 0 Å². The summed E-state index contributed by atoms with van der Waals surface area (Å²) in [6.45, 7) is 1.23. The first-order valence-corrected chi connectivity index (χ1v) is 6.75. The molecule has 0 saturated carbocycles. The zero-order chi connectivity index (χ0) is 18.2. The van der Waals surface area contributed by atoms with Crippen LogP contribution in [0.2, 0.25) is 0 Å². The van der Waals surface area contributed by atoms with Gasteiger partial charge in [-0.25, -0.2) is 0 Å². The lowest BCUT2D eigenvalue weighted by atomic mass is 10.1. The Morgan fingerprint density at radius 3 is 2.00 bits per heavy atom. The van der Waals surface area contributed by atoms with Crippen LogP contribution in [0, 0.1) is 0 Å². The molecule has 3 amide bonds. The third-order valence-corrected chi connectivity index (χ3v) is 2.81. The van der Waals surface area contributed by atoms with Crippen LogP contribution in [-0.2, 0) is 19.2 Å². The monoisotopic (exact) mass is 334 g/mol. The summed E-state index contributed by atoms with van der Waals surface area (Å²) < 4.78 is 0. The predicted octanol–water partition coefficient (Wildman–Crippen LogP) is -4.12. The lowest BCUT2D eigenvalue weighted by Crippen LogP contribution is -2.59. The van der Waals surface area contributed by atoms with Crippen molar-refractivity contribution in [3.8, 4) is 0 Å². The van der Waals surface area contributed by atoms with E-state index < -0.39 is 61.1 Å². The number of hydrogen-bond donors (Lipinski definition) is 7. The summed E-state index contributed by atoms with van der Waals surface area (Å²) in [5.41, 5.74) is 5.09. The molecule has 0 aliphatic carbocycles. The number of rotatable bonds is 9. The van der Waals surface area contributed by atoms with Gasteiger partial charge in [-0.05, 0) is 13.8 Å². The Kier molecular flexibility index (Phi) is 8.77. The van der Waals surface area contributed by atoms with Crippen molar-refractivity contribution in [2.45, 2.75) is 38.1 Å². The summed E-state index contributed by atoms with van der Waals surface area (Å²) in [5, 5.41) is 33.7. The number of carbonyl (C=O) groups is 4. The van der Waals surface area contributed by atoms with Crippen molar-refractivity contribution in [2.24, 2.45) is 5.73 Å². The fraction of sp³-hybridized carbons (Fsp3) is 0.667. The summed E-state index contributed by atoms with van der Waals surface area (Å²) >= 11 is 0. The highest BCUT2D eigenvalue weighted by atomic mass is 16.4. The van der Waals surface area contributed by atoms with Crippen LogP contribution < -0.4 is 21.7 Å². The van der Waals surface area contributed by atoms with Crippen LogP contribution in [-0.4, -0.2) is 76.4 Å². The van der Waals surface area contributed by atoms with Crippen LogP contribution in [0.5, 0.6) is 0 Å². The van der Waals surface area contributed by atoms with E-state index >= 15 is 0 Å². The Hall–Kier alpha value is -2.24. The average Bonchev–Trinajstić information content (AvgIpc) is 2.48. The van der Waals surface area contributed by atoms with Gasteiger partial charge in [-0.1, -0.05) is 0 Å². The van der Waals surface area contributed by atoms with Gasteiger partial charge in [-0.2, -0.15) is 0 Å². The third kappa shape index (κ3) is 7.04. The van der Waals surface area contributed by atoms with E-state index in [1.807, 2.05) is 0 Å². The molecule has 0 radical (unpaired) electrons. The Bertz CT molecular complexity index is 455. The van der Waals surface area contributed by atoms with Crippen LogP contribution in [0.15, 0.2) is 0 Å². The van der Waals surface area contributed by atoms with Gasteiger partial charge in [-0.3, -0.25) is 19.2 Å². The van der Waals surface area contributed by atoms with Crippen molar-refractivity contribution in [1.29, 1.82) is 0 Å². The molecular weight excluding hydrogens is 312 g/mol. The van der Waals surface area contributed by atoms with E-state index in [1.165, 1.54) is 13.8 Å². The largest absolute Gasteiger partial charge is 0.480 e. The molecule has 132 valence electrons. The topological polar surface area (TPSA) is 191 Å². The molecule has 8 N–H and O–H groups in total. The number of carboxylic acid groups (broad SMARTS) is 1. The first-order chi connectivity index (χ1) is 10.6. The van der Waals surface area contributed by atoms with E-state index in [1.54, 1.807) is 0 Å². The normalized spacial score (nSPS) is 15.7. The van der Waals surface area contributed by atoms with Gasteiger partial charge in [0.15, 0.2) is 0 Å². The zero-order valence-electron chi connectivity index (χ0n) is 12.8. The first kappa shape index (κ1) is 20.8. The lowest BCUT2D eigenvalue weighted by molar-refractivity contribution is -0.142. The smallest absolute Gasteiger partial charge is 0.325 e. The van der Waals surface area contributed by atoms with E-state index in [0.29, 0.717) is 0 Å². The maximum atomic E-state index is 12.0. The molecule has 0 heterocycles. The molecule has 0 aromatic rings. The van der Waals surface area contributed by atoms with Gasteiger partial charge in [0.2, 0.25) is 17.7 Å². The summed E-state index contributed by atoms with van der Waals surface area (Å²) in [6, 6.07) is -4.05. The SMILES string of the molecule is CC(NC(=O)C(CO)NC(=O)C(NC(=O)CN)C(C)O)C(=O)O. The van der Waals surface area contributed by atoms with Gasteiger partial charge in [0.05, 0.1) is 19.3 Å². The molecule has 0 aromatic heterocycles. The van der Waals surface area contributed by atoms with Gasteiger partial charge < -0.3 is 37.0 Å². The Labute approximate surface area is 132 Å². The molecular formula is C12H22N4O7. The average molecular weight is 334 g/mol. The summed E-state index contributed by atoms with van der Waals surface area (Å²) in [5.74, 6) is -3.85. The number of carboxylic acids is 1. The molecule has 0 fully saturated rings. The summed E-state index contributed by atoms with van der Waals surface area (Å²) in [7, 11) is 0. The molecule has 11 nitrogen and oxygen atoms in total. The molecule has 0 spiro atoms. The summed E-state index contributed by atoms with van der Waals surface area (Å²) in [6.07, 6.45) is -1.29. The highest BCUT2D eigenvalue weighted by molar-refractivity contribution is 5.93. The molecule has 4 atom stereocenters. The number of hydrogen-bond acceptors (Lipinski definition) is 7. The molecule has 0 aliphatic rings. The minimum Gasteiger partial charge on any atom is -0.480 e. The van der Waals surface area contributed by atoms with Crippen molar-refractivity contribution < 1.29 is 34.5 Å². The van der Waals surface area contributed by atoms with Gasteiger partial charge >= 0.3 is 5.97 Å². The quantitative estimate of drug-likeness (QED) is 0.221. The van der Waals surface area contributed by atoms with Crippen molar-refractivity contribution >= 4 is 23.7 Å². The molecule has 0 saturated heterocycles. The molecule has 4 unspecified atom stereocenters. The van der Waals surface area contributed by atoms with E-state index in [-0.39, 0.29) is 0 Å². The maximum Gasteiger partial charge on any atom is 0.325 e. The molecule has 0 bridgehead atoms. The van der Waals surface area contributed by atoms with Crippen molar-refractivity contribution in [3.05, 3.63) is 0 Å². The number of carbonyl (C=O) groups excluding carboxylic acids is 3. The van der Waals surface area contributed by atoms with Crippen LogP contribution >= 0.6 is 0 Å². The number of aliphatic hydroxyl groups excluding tert-OH is 2. The van der Waals surface area contributed by atoms with E-state index in [0.717, 1.165) is 0 Å². The molecule has 0 aromatic carbocycles.